The molecule has 1 aliphatic rings. The number of hydrogen-bond acceptors (Lipinski definition) is 3. The predicted molar refractivity (Wildman–Crippen MR) is 121 cm³/mol. The van der Waals surface area contributed by atoms with Gasteiger partial charge in [0.05, 0.1) is 17.7 Å². The van der Waals surface area contributed by atoms with Crippen molar-refractivity contribution in [1.29, 1.82) is 0 Å². The molecule has 0 heterocycles. The van der Waals surface area contributed by atoms with Gasteiger partial charge >= 0.3 is 12.1 Å². The molecule has 3 rings (SSSR count). The summed E-state index contributed by atoms with van der Waals surface area (Å²) in [5, 5.41) is 0. The molecule has 0 aliphatic heterocycles. The number of aryl methyl sites for hydroxylation is 1. The van der Waals surface area contributed by atoms with Gasteiger partial charge in [-0.05, 0) is 87.9 Å². The highest BCUT2D eigenvalue weighted by Crippen LogP contribution is 2.44. The van der Waals surface area contributed by atoms with E-state index in [2.05, 4.69) is 13.8 Å². The Morgan fingerprint density at radius 2 is 1.84 bits per heavy atom. The van der Waals surface area contributed by atoms with Crippen LogP contribution >= 0.6 is 0 Å². The standard InChI is InChI=1S/C26H30F3NO2/c1-5-17(3)24(19-9-7-10-19)30(22-12-8-11-20(16-22)25(31)32-6-2)23-14-13-21(15-18(23)4)26(27,28)29/h8,11-16,19H,5-7,9-10H2,1-4H3/b24-17+. The normalized spacial score (nSPS) is 15.1. The van der Waals surface area contributed by atoms with Crippen molar-refractivity contribution in [1.82, 2.24) is 0 Å². The first-order chi connectivity index (χ1) is 15.2. The number of alkyl halides is 3. The third-order valence-electron chi connectivity index (χ3n) is 6.08. The van der Waals surface area contributed by atoms with Crippen LogP contribution in [0.4, 0.5) is 24.5 Å². The minimum Gasteiger partial charge on any atom is -0.462 e. The van der Waals surface area contributed by atoms with Crippen LogP contribution in [0.15, 0.2) is 53.7 Å². The molecule has 1 fully saturated rings. The number of rotatable bonds is 7. The maximum atomic E-state index is 13.3. The lowest BCUT2D eigenvalue weighted by Crippen LogP contribution is -2.29. The number of halogens is 3. The minimum atomic E-state index is -4.40. The smallest absolute Gasteiger partial charge is 0.416 e. The molecule has 2 aromatic carbocycles. The molecular weight excluding hydrogens is 415 g/mol. The summed E-state index contributed by atoms with van der Waals surface area (Å²) >= 11 is 0. The summed E-state index contributed by atoms with van der Waals surface area (Å²) in [6, 6.07) is 11.0. The summed E-state index contributed by atoms with van der Waals surface area (Å²) in [7, 11) is 0. The minimum absolute atomic E-state index is 0.271. The van der Waals surface area contributed by atoms with Crippen LogP contribution in [0.25, 0.3) is 0 Å². The summed E-state index contributed by atoms with van der Waals surface area (Å²) in [6.45, 7) is 7.89. The first-order valence-corrected chi connectivity index (χ1v) is 11.1. The van der Waals surface area contributed by atoms with E-state index in [0.29, 0.717) is 22.7 Å². The topological polar surface area (TPSA) is 29.5 Å². The molecule has 172 valence electrons. The summed E-state index contributed by atoms with van der Waals surface area (Å²) in [5.74, 6) is -0.0808. The van der Waals surface area contributed by atoms with Gasteiger partial charge in [-0.1, -0.05) is 25.0 Å². The van der Waals surface area contributed by atoms with E-state index in [9.17, 15) is 18.0 Å². The van der Waals surface area contributed by atoms with Gasteiger partial charge in [0.25, 0.3) is 0 Å². The Balaban J connectivity index is 2.20. The molecular formula is C26H30F3NO2. The van der Waals surface area contributed by atoms with Crippen molar-refractivity contribution in [2.45, 2.75) is 59.6 Å². The lowest BCUT2D eigenvalue weighted by molar-refractivity contribution is -0.137. The van der Waals surface area contributed by atoms with Crippen LogP contribution in [0, 0.1) is 12.8 Å². The van der Waals surface area contributed by atoms with Crippen molar-refractivity contribution in [2.24, 2.45) is 5.92 Å². The number of hydrogen-bond donors (Lipinski definition) is 0. The zero-order valence-corrected chi connectivity index (χ0v) is 19.1. The maximum absolute atomic E-state index is 13.3. The number of benzene rings is 2. The highest BCUT2D eigenvalue weighted by Gasteiger charge is 2.33. The number of anilines is 2. The Bertz CT molecular complexity index is 1010. The number of nitrogens with zero attached hydrogens (tertiary/aromatic N) is 1. The van der Waals surface area contributed by atoms with Crippen LogP contribution in [0.5, 0.6) is 0 Å². The average molecular weight is 446 g/mol. The van der Waals surface area contributed by atoms with E-state index >= 15 is 0 Å². The van der Waals surface area contributed by atoms with Crippen molar-refractivity contribution in [3.63, 3.8) is 0 Å². The van der Waals surface area contributed by atoms with E-state index in [4.69, 9.17) is 4.74 Å². The Morgan fingerprint density at radius 1 is 1.12 bits per heavy atom. The van der Waals surface area contributed by atoms with Crippen molar-refractivity contribution in [2.75, 3.05) is 11.5 Å². The summed E-state index contributed by atoms with van der Waals surface area (Å²) in [6.07, 6.45) is -0.349. The Kier molecular flexibility index (Phi) is 7.32. The molecule has 0 N–H and O–H groups in total. The number of carbonyl (C=O) groups is 1. The van der Waals surface area contributed by atoms with Gasteiger partial charge in [0, 0.05) is 17.1 Å². The molecule has 0 bridgehead atoms. The van der Waals surface area contributed by atoms with Crippen LogP contribution in [0.1, 0.15) is 67.9 Å². The second-order valence-electron chi connectivity index (χ2n) is 8.25. The Labute approximate surface area is 187 Å². The van der Waals surface area contributed by atoms with E-state index in [-0.39, 0.29) is 6.61 Å². The lowest BCUT2D eigenvalue weighted by Gasteiger charge is -2.39. The molecule has 2 aromatic rings. The maximum Gasteiger partial charge on any atom is 0.416 e. The lowest BCUT2D eigenvalue weighted by atomic mass is 9.80. The van der Waals surface area contributed by atoms with Crippen LogP contribution in [0.3, 0.4) is 0 Å². The Hall–Kier alpha value is -2.76. The predicted octanol–water partition coefficient (Wildman–Crippen LogP) is 7.81. The van der Waals surface area contributed by atoms with Gasteiger partial charge in [-0.25, -0.2) is 4.79 Å². The van der Waals surface area contributed by atoms with E-state index in [1.807, 2.05) is 11.0 Å². The fraction of sp³-hybridized carbons (Fsp3) is 0.423. The van der Waals surface area contributed by atoms with E-state index in [0.717, 1.165) is 43.1 Å². The van der Waals surface area contributed by atoms with Gasteiger partial charge in [-0.2, -0.15) is 13.2 Å². The molecule has 0 aromatic heterocycles. The molecule has 0 spiro atoms. The molecule has 0 saturated heterocycles. The third-order valence-corrected chi connectivity index (χ3v) is 6.08. The fourth-order valence-corrected chi connectivity index (χ4v) is 4.06. The second-order valence-corrected chi connectivity index (χ2v) is 8.25. The van der Waals surface area contributed by atoms with Crippen molar-refractivity contribution in [3.8, 4) is 0 Å². The highest BCUT2D eigenvalue weighted by atomic mass is 19.4. The van der Waals surface area contributed by atoms with E-state index in [1.165, 1.54) is 17.7 Å². The average Bonchev–Trinajstić information content (AvgIpc) is 2.72. The SMILES string of the molecule is CCOC(=O)c1cccc(N(/C(=C(\C)CC)C2CCC2)c2ccc(C(F)(F)F)cc2C)c1. The quantitative estimate of drug-likeness (QED) is 0.407. The van der Waals surface area contributed by atoms with Gasteiger partial charge < -0.3 is 9.64 Å². The fourth-order valence-electron chi connectivity index (χ4n) is 4.06. The number of ether oxygens (including phenoxy) is 1. The first-order valence-electron chi connectivity index (χ1n) is 11.1. The molecule has 3 nitrogen and oxygen atoms in total. The monoisotopic (exact) mass is 445 g/mol. The largest absolute Gasteiger partial charge is 0.462 e. The number of allylic oxidation sites excluding steroid dienone is 2. The van der Waals surface area contributed by atoms with Crippen molar-refractivity contribution < 1.29 is 22.7 Å². The van der Waals surface area contributed by atoms with Gasteiger partial charge in [0.2, 0.25) is 0 Å². The van der Waals surface area contributed by atoms with Crippen molar-refractivity contribution in [3.05, 3.63) is 70.4 Å². The van der Waals surface area contributed by atoms with Crippen LogP contribution < -0.4 is 4.90 Å². The third kappa shape index (κ3) is 5.00. The molecule has 0 atom stereocenters. The molecule has 0 amide bonds. The number of carbonyl (C=O) groups excluding carboxylic acids is 1. The van der Waals surface area contributed by atoms with E-state index in [1.54, 1.807) is 32.0 Å². The van der Waals surface area contributed by atoms with E-state index < -0.39 is 17.7 Å². The van der Waals surface area contributed by atoms with Crippen LogP contribution in [-0.2, 0) is 10.9 Å². The van der Waals surface area contributed by atoms with Crippen LogP contribution in [-0.4, -0.2) is 12.6 Å². The Morgan fingerprint density at radius 3 is 2.38 bits per heavy atom. The molecule has 0 radical (unpaired) electrons. The van der Waals surface area contributed by atoms with Gasteiger partial charge in [-0.3, -0.25) is 0 Å². The molecule has 1 saturated carbocycles. The summed E-state index contributed by atoms with van der Waals surface area (Å²) < 4.78 is 45.1. The van der Waals surface area contributed by atoms with Gasteiger partial charge in [0.1, 0.15) is 0 Å². The second kappa shape index (κ2) is 9.80. The molecule has 32 heavy (non-hydrogen) atoms. The highest BCUT2D eigenvalue weighted by molar-refractivity contribution is 5.91. The molecule has 0 unspecified atom stereocenters. The number of esters is 1. The zero-order valence-electron chi connectivity index (χ0n) is 19.1. The zero-order chi connectivity index (χ0) is 23.5. The summed E-state index contributed by atoms with van der Waals surface area (Å²) in [5.41, 5.74) is 4.02. The first kappa shape index (κ1) is 23.9. The van der Waals surface area contributed by atoms with Gasteiger partial charge in [-0.15, -0.1) is 0 Å². The summed E-state index contributed by atoms with van der Waals surface area (Å²) in [4.78, 5) is 14.4. The van der Waals surface area contributed by atoms with Crippen LogP contribution in [0.2, 0.25) is 0 Å². The molecule has 6 heteroatoms. The van der Waals surface area contributed by atoms with Crippen molar-refractivity contribution >= 4 is 17.3 Å². The molecule has 1 aliphatic carbocycles. The van der Waals surface area contributed by atoms with Gasteiger partial charge in [0.15, 0.2) is 0 Å².